The van der Waals surface area contributed by atoms with Gasteiger partial charge in [0.1, 0.15) is 13.2 Å². The summed E-state index contributed by atoms with van der Waals surface area (Å²) in [5.41, 5.74) is 7.28. The lowest BCUT2D eigenvalue weighted by Crippen LogP contribution is -2.20. The summed E-state index contributed by atoms with van der Waals surface area (Å²) >= 11 is 0. The fraction of sp³-hybridized carbons (Fsp3) is 0.538. The molecular weight excluding hydrogens is 202 g/mol. The number of hydrogen-bond donors (Lipinski definition) is 1. The SMILES string of the molecule is NCCC1(c2cccc3c2OCCO3)CC1. The molecule has 0 radical (unpaired) electrons. The zero-order valence-electron chi connectivity index (χ0n) is 9.37. The fourth-order valence-corrected chi connectivity index (χ4v) is 2.57. The van der Waals surface area contributed by atoms with E-state index >= 15 is 0 Å². The molecule has 1 aliphatic carbocycles. The Hall–Kier alpha value is -1.22. The van der Waals surface area contributed by atoms with Crippen LogP contribution >= 0.6 is 0 Å². The Morgan fingerprint density at radius 3 is 2.75 bits per heavy atom. The summed E-state index contributed by atoms with van der Waals surface area (Å²) < 4.78 is 11.4. The van der Waals surface area contributed by atoms with Crippen molar-refractivity contribution < 1.29 is 9.47 Å². The van der Waals surface area contributed by atoms with Crippen LogP contribution in [0.25, 0.3) is 0 Å². The molecule has 0 saturated heterocycles. The predicted octanol–water partition coefficient (Wildman–Crippen LogP) is 1.84. The van der Waals surface area contributed by atoms with E-state index < -0.39 is 0 Å². The molecule has 0 unspecified atom stereocenters. The van der Waals surface area contributed by atoms with Gasteiger partial charge in [-0.1, -0.05) is 12.1 Å². The van der Waals surface area contributed by atoms with E-state index in [1.165, 1.54) is 18.4 Å². The van der Waals surface area contributed by atoms with Crippen LogP contribution in [0.1, 0.15) is 24.8 Å². The number of nitrogens with two attached hydrogens (primary N) is 1. The maximum atomic E-state index is 5.76. The van der Waals surface area contributed by atoms with Gasteiger partial charge in [-0.15, -0.1) is 0 Å². The van der Waals surface area contributed by atoms with Crippen LogP contribution in [0.15, 0.2) is 18.2 Å². The molecule has 0 atom stereocenters. The summed E-state index contributed by atoms with van der Waals surface area (Å²) in [5.74, 6) is 1.85. The van der Waals surface area contributed by atoms with Crippen molar-refractivity contribution >= 4 is 0 Å². The summed E-state index contributed by atoms with van der Waals surface area (Å²) in [7, 11) is 0. The smallest absolute Gasteiger partial charge is 0.165 e. The molecule has 0 bridgehead atoms. The second kappa shape index (κ2) is 3.67. The second-order valence-corrected chi connectivity index (χ2v) is 4.65. The highest BCUT2D eigenvalue weighted by molar-refractivity contribution is 5.52. The molecular formula is C13H17NO2. The van der Waals surface area contributed by atoms with E-state index in [-0.39, 0.29) is 5.41 Å². The van der Waals surface area contributed by atoms with Gasteiger partial charge in [0.2, 0.25) is 0 Å². The minimum atomic E-state index is 0.279. The molecule has 2 N–H and O–H groups in total. The van der Waals surface area contributed by atoms with E-state index in [1.807, 2.05) is 6.07 Å². The Balaban J connectivity index is 2.01. The van der Waals surface area contributed by atoms with Crippen molar-refractivity contribution in [2.24, 2.45) is 5.73 Å². The normalized spacial score (nSPS) is 20.6. The highest BCUT2D eigenvalue weighted by Gasteiger charge is 2.46. The largest absolute Gasteiger partial charge is 0.486 e. The highest BCUT2D eigenvalue weighted by Crippen LogP contribution is 2.55. The molecule has 2 aliphatic rings. The molecule has 0 amide bonds. The van der Waals surface area contributed by atoms with Crippen LogP contribution in [-0.2, 0) is 5.41 Å². The van der Waals surface area contributed by atoms with Crippen molar-refractivity contribution in [3.63, 3.8) is 0 Å². The summed E-state index contributed by atoms with van der Waals surface area (Å²) in [6.45, 7) is 2.05. The monoisotopic (exact) mass is 219 g/mol. The first-order chi connectivity index (χ1) is 7.86. The number of para-hydroxylation sites is 1. The Morgan fingerprint density at radius 2 is 2.00 bits per heavy atom. The molecule has 1 aromatic carbocycles. The maximum absolute atomic E-state index is 5.76. The van der Waals surface area contributed by atoms with Gasteiger partial charge in [-0.2, -0.15) is 0 Å². The zero-order valence-corrected chi connectivity index (χ0v) is 9.37. The van der Waals surface area contributed by atoms with Crippen LogP contribution in [0.5, 0.6) is 11.5 Å². The van der Waals surface area contributed by atoms with Gasteiger partial charge in [-0.3, -0.25) is 0 Å². The Morgan fingerprint density at radius 1 is 1.19 bits per heavy atom. The summed E-state index contributed by atoms with van der Waals surface area (Å²) in [4.78, 5) is 0. The summed E-state index contributed by atoms with van der Waals surface area (Å²) in [6, 6.07) is 6.20. The number of benzene rings is 1. The lowest BCUT2D eigenvalue weighted by Gasteiger charge is -2.24. The van der Waals surface area contributed by atoms with Crippen molar-refractivity contribution in [1.82, 2.24) is 0 Å². The molecule has 0 spiro atoms. The predicted molar refractivity (Wildman–Crippen MR) is 62.0 cm³/mol. The first-order valence-corrected chi connectivity index (χ1v) is 5.95. The average Bonchev–Trinajstić information content (AvgIpc) is 3.10. The van der Waals surface area contributed by atoms with E-state index in [4.69, 9.17) is 15.2 Å². The van der Waals surface area contributed by atoms with Gasteiger partial charge in [-0.05, 0) is 31.9 Å². The molecule has 1 fully saturated rings. The van der Waals surface area contributed by atoms with Crippen LogP contribution < -0.4 is 15.2 Å². The molecule has 86 valence electrons. The van der Waals surface area contributed by atoms with Crippen LogP contribution in [0.3, 0.4) is 0 Å². The molecule has 1 aliphatic heterocycles. The first kappa shape index (κ1) is 9.97. The molecule has 16 heavy (non-hydrogen) atoms. The topological polar surface area (TPSA) is 44.5 Å². The van der Waals surface area contributed by atoms with Crippen LogP contribution in [-0.4, -0.2) is 19.8 Å². The van der Waals surface area contributed by atoms with Gasteiger partial charge in [0, 0.05) is 11.0 Å². The second-order valence-electron chi connectivity index (χ2n) is 4.65. The van der Waals surface area contributed by atoms with Gasteiger partial charge in [0.05, 0.1) is 0 Å². The molecule has 1 saturated carbocycles. The van der Waals surface area contributed by atoms with Crippen LogP contribution in [0, 0.1) is 0 Å². The highest BCUT2D eigenvalue weighted by atomic mass is 16.6. The Labute approximate surface area is 95.5 Å². The Bertz CT molecular complexity index is 399. The van der Waals surface area contributed by atoms with Gasteiger partial charge in [0.15, 0.2) is 11.5 Å². The van der Waals surface area contributed by atoms with Gasteiger partial charge < -0.3 is 15.2 Å². The number of hydrogen-bond acceptors (Lipinski definition) is 3. The lowest BCUT2D eigenvalue weighted by molar-refractivity contribution is 0.168. The average molecular weight is 219 g/mol. The van der Waals surface area contributed by atoms with Crippen molar-refractivity contribution in [2.45, 2.75) is 24.7 Å². The standard InChI is InChI=1S/C13H17NO2/c14-7-6-13(4-5-13)10-2-1-3-11-12(10)16-9-8-15-11/h1-3H,4-9,14H2. The molecule has 0 aromatic heterocycles. The maximum Gasteiger partial charge on any atom is 0.165 e. The van der Waals surface area contributed by atoms with E-state index in [2.05, 4.69) is 12.1 Å². The molecule has 1 aromatic rings. The van der Waals surface area contributed by atoms with Crippen LogP contribution in [0.4, 0.5) is 0 Å². The van der Waals surface area contributed by atoms with E-state index in [1.54, 1.807) is 0 Å². The third kappa shape index (κ3) is 1.47. The van der Waals surface area contributed by atoms with Gasteiger partial charge >= 0.3 is 0 Å². The summed E-state index contributed by atoms with van der Waals surface area (Å²) in [6.07, 6.45) is 3.50. The van der Waals surface area contributed by atoms with E-state index in [9.17, 15) is 0 Å². The first-order valence-electron chi connectivity index (χ1n) is 5.95. The quantitative estimate of drug-likeness (QED) is 0.843. The molecule has 3 rings (SSSR count). The number of fused-ring (bicyclic) bond motifs is 1. The minimum Gasteiger partial charge on any atom is -0.486 e. The van der Waals surface area contributed by atoms with Crippen molar-refractivity contribution in [3.8, 4) is 11.5 Å². The van der Waals surface area contributed by atoms with E-state index in [0.717, 1.165) is 24.5 Å². The van der Waals surface area contributed by atoms with Crippen molar-refractivity contribution in [1.29, 1.82) is 0 Å². The number of ether oxygens (including phenoxy) is 2. The van der Waals surface area contributed by atoms with Crippen molar-refractivity contribution in [3.05, 3.63) is 23.8 Å². The minimum absolute atomic E-state index is 0.279. The van der Waals surface area contributed by atoms with Gasteiger partial charge in [-0.25, -0.2) is 0 Å². The fourth-order valence-electron chi connectivity index (χ4n) is 2.57. The third-order valence-electron chi connectivity index (χ3n) is 3.61. The lowest BCUT2D eigenvalue weighted by atomic mass is 9.91. The number of rotatable bonds is 3. The zero-order chi connectivity index (χ0) is 11.0. The molecule has 1 heterocycles. The Kier molecular flexibility index (Phi) is 2.28. The van der Waals surface area contributed by atoms with Gasteiger partial charge in [0.25, 0.3) is 0 Å². The third-order valence-corrected chi connectivity index (χ3v) is 3.61. The summed E-state index contributed by atoms with van der Waals surface area (Å²) in [5, 5.41) is 0. The van der Waals surface area contributed by atoms with E-state index in [0.29, 0.717) is 13.2 Å². The molecule has 3 heteroatoms. The van der Waals surface area contributed by atoms with Crippen molar-refractivity contribution in [2.75, 3.05) is 19.8 Å². The molecule has 3 nitrogen and oxygen atoms in total. The van der Waals surface area contributed by atoms with Crippen LogP contribution in [0.2, 0.25) is 0 Å².